The molecule has 0 aliphatic heterocycles. The minimum atomic E-state index is -2.95. The van der Waals surface area contributed by atoms with E-state index in [0.29, 0.717) is 5.92 Å². The molecule has 0 saturated heterocycles. The topological polar surface area (TPSA) is 64.0 Å². The van der Waals surface area contributed by atoms with Crippen LogP contribution >= 0.6 is 0 Å². The molecule has 0 saturated carbocycles. The van der Waals surface area contributed by atoms with Gasteiger partial charge in [-0.2, -0.15) is 5.10 Å². The van der Waals surface area contributed by atoms with Crippen molar-refractivity contribution < 1.29 is 8.42 Å². The van der Waals surface area contributed by atoms with E-state index in [1.54, 1.807) is 11.6 Å². The molecule has 6 heteroatoms. The fourth-order valence-corrected chi connectivity index (χ4v) is 2.93. The average Bonchev–Trinajstić information content (AvgIpc) is 2.58. The summed E-state index contributed by atoms with van der Waals surface area (Å²) in [5.41, 5.74) is 1.89. The number of sulfone groups is 1. The Kier molecular flexibility index (Phi) is 4.78. The molecule has 0 spiro atoms. The molecule has 1 aromatic rings. The van der Waals surface area contributed by atoms with Gasteiger partial charge in [-0.3, -0.25) is 4.68 Å². The van der Waals surface area contributed by atoms with Crippen LogP contribution in [0, 0.1) is 0 Å². The molecule has 0 aliphatic carbocycles. The zero-order valence-corrected chi connectivity index (χ0v) is 12.6. The zero-order chi connectivity index (χ0) is 13.9. The van der Waals surface area contributed by atoms with E-state index in [9.17, 15) is 8.42 Å². The highest BCUT2D eigenvalue weighted by atomic mass is 32.2. The van der Waals surface area contributed by atoms with Gasteiger partial charge in [0.2, 0.25) is 0 Å². The number of anilines is 1. The smallest absolute Gasteiger partial charge is 0.152 e. The first-order valence-electron chi connectivity index (χ1n) is 6.25. The summed E-state index contributed by atoms with van der Waals surface area (Å²) >= 11 is 0. The molecule has 1 atom stereocenters. The highest BCUT2D eigenvalue weighted by molar-refractivity contribution is 7.91. The Morgan fingerprint density at radius 3 is 2.50 bits per heavy atom. The highest BCUT2D eigenvalue weighted by Gasteiger charge is 2.17. The lowest BCUT2D eigenvalue weighted by Crippen LogP contribution is -2.27. The lowest BCUT2D eigenvalue weighted by Gasteiger charge is -2.15. The summed E-state index contributed by atoms with van der Waals surface area (Å²) in [5.74, 6) is 0.641. The Balaban J connectivity index is 2.79. The molecule has 0 fully saturated rings. The SMILES string of the molecule is CCS(=O)(=O)CC(C)Nc1cn(C)nc1C(C)C. The number of nitrogens with one attached hydrogen (secondary N) is 1. The van der Waals surface area contributed by atoms with E-state index < -0.39 is 9.84 Å². The molecule has 1 rings (SSSR count). The molecule has 104 valence electrons. The molecule has 0 bridgehead atoms. The molecule has 5 nitrogen and oxygen atoms in total. The van der Waals surface area contributed by atoms with Crippen molar-refractivity contribution in [1.29, 1.82) is 0 Å². The second kappa shape index (κ2) is 5.73. The number of hydrogen-bond donors (Lipinski definition) is 1. The van der Waals surface area contributed by atoms with Gasteiger partial charge >= 0.3 is 0 Å². The van der Waals surface area contributed by atoms with Crippen molar-refractivity contribution in [3.05, 3.63) is 11.9 Å². The largest absolute Gasteiger partial charge is 0.379 e. The maximum absolute atomic E-state index is 11.6. The van der Waals surface area contributed by atoms with E-state index >= 15 is 0 Å². The Labute approximate surface area is 109 Å². The molecule has 0 aliphatic rings. The van der Waals surface area contributed by atoms with E-state index in [4.69, 9.17) is 0 Å². The third-order valence-corrected chi connectivity index (χ3v) is 4.64. The number of aryl methyl sites for hydroxylation is 1. The van der Waals surface area contributed by atoms with Gasteiger partial charge in [-0.25, -0.2) is 8.42 Å². The van der Waals surface area contributed by atoms with Crippen molar-refractivity contribution in [1.82, 2.24) is 9.78 Å². The number of hydrogen-bond acceptors (Lipinski definition) is 4. The maximum atomic E-state index is 11.6. The normalized spacial score (nSPS) is 13.9. The second-order valence-corrected chi connectivity index (χ2v) is 7.40. The second-order valence-electron chi connectivity index (χ2n) is 5.00. The van der Waals surface area contributed by atoms with Gasteiger partial charge in [-0.05, 0) is 12.8 Å². The summed E-state index contributed by atoms with van der Waals surface area (Å²) < 4.78 is 24.9. The Bertz CT molecular complexity index is 491. The fourth-order valence-electron chi connectivity index (χ4n) is 1.85. The van der Waals surface area contributed by atoms with Crippen molar-refractivity contribution in [3.8, 4) is 0 Å². The number of rotatable bonds is 6. The standard InChI is InChI=1S/C12H23N3O2S/c1-6-18(16,17)8-10(4)13-11-7-15(5)14-12(11)9(2)3/h7,9-10,13H,6,8H2,1-5H3. The minimum Gasteiger partial charge on any atom is -0.379 e. The summed E-state index contributed by atoms with van der Waals surface area (Å²) in [6.07, 6.45) is 1.89. The predicted octanol–water partition coefficient (Wildman–Crippen LogP) is 1.78. The van der Waals surface area contributed by atoms with E-state index in [1.807, 2.05) is 20.2 Å². The van der Waals surface area contributed by atoms with Gasteiger partial charge in [0, 0.05) is 25.0 Å². The number of nitrogens with zero attached hydrogens (tertiary/aromatic N) is 2. The summed E-state index contributed by atoms with van der Waals surface area (Å²) in [6, 6.07) is -0.114. The molecule has 0 aromatic carbocycles. The third kappa shape index (κ3) is 4.01. The monoisotopic (exact) mass is 273 g/mol. The molecule has 1 heterocycles. The summed E-state index contributed by atoms with van der Waals surface area (Å²) in [6.45, 7) is 7.69. The Hall–Kier alpha value is -1.04. The lowest BCUT2D eigenvalue weighted by molar-refractivity contribution is 0.593. The Morgan fingerprint density at radius 1 is 1.39 bits per heavy atom. The van der Waals surface area contributed by atoms with Crippen LogP contribution in [0.25, 0.3) is 0 Å². The predicted molar refractivity (Wildman–Crippen MR) is 74.7 cm³/mol. The Morgan fingerprint density at radius 2 is 2.00 bits per heavy atom. The van der Waals surface area contributed by atoms with E-state index in [2.05, 4.69) is 24.3 Å². The zero-order valence-electron chi connectivity index (χ0n) is 11.8. The van der Waals surface area contributed by atoms with Crippen LogP contribution in [0.3, 0.4) is 0 Å². The van der Waals surface area contributed by atoms with Crippen molar-refractivity contribution in [2.75, 3.05) is 16.8 Å². The average molecular weight is 273 g/mol. The van der Waals surface area contributed by atoms with Gasteiger partial charge in [0.05, 0.1) is 17.1 Å². The van der Waals surface area contributed by atoms with E-state index in [-0.39, 0.29) is 17.5 Å². The van der Waals surface area contributed by atoms with Gasteiger partial charge < -0.3 is 5.32 Å². The van der Waals surface area contributed by atoms with Gasteiger partial charge in [0.1, 0.15) is 0 Å². The van der Waals surface area contributed by atoms with Crippen LogP contribution in [0.2, 0.25) is 0 Å². The maximum Gasteiger partial charge on any atom is 0.152 e. The first-order chi connectivity index (χ1) is 8.25. The summed E-state index contributed by atoms with van der Waals surface area (Å²) in [5, 5.41) is 7.63. The first-order valence-corrected chi connectivity index (χ1v) is 8.07. The van der Waals surface area contributed by atoms with Crippen molar-refractivity contribution in [3.63, 3.8) is 0 Å². The van der Waals surface area contributed by atoms with Crippen LogP contribution in [0.15, 0.2) is 6.20 Å². The van der Waals surface area contributed by atoms with Crippen LogP contribution in [0.1, 0.15) is 39.3 Å². The van der Waals surface area contributed by atoms with Crippen LogP contribution < -0.4 is 5.32 Å². The van der Waals surface area contributed by atoms with Gasteiger partial charge in [0.15, 0.2) is 9.84 Å². The third-order valence-electron chi connectivity index (χ3n) is 2.75. The highest BCUT2D eigenvalue weighted by Crippen LogP contribution is 2.22. The first kappa shape index (κ1) is 15.0. The van der Waals surface area contributed by atoms with Crippen LogP contribution in [-0.4, -0.2) is 35.7 Å². The van der Waals surface area contributed by atoms with Crippen LogP contribution in [-0.2, 0) is 16.9 Å². The van der Waals surface area contributed by atoms with Crippen molar-refractivity contribution in [2.45, 2.75) is 39.7 Å². The summed E-state index contributed by atoms with van der Waals surface area (Å²) in [4.78, 5) is 0. The molecule has 0 radical (unpaired) electrons. The molecular weight excluding hydrogens is 250 g/mol. The molecular formula is C12H23N3O2S. The summed E-state index contributed by atoms with van der Waals surface area (Å²) in [7, 11) is -1.09. The van der Waals surface area contributed by atoms with Crippen molar-refractivity contribution in [2.24, 2.45) is 7.05 Å². The molecule has 1 unspecified atom stereocenters. The lowest BCUT2D eigenvalue weighted by atomic mass is 10.1. The minimum absolute atomic E-state index is 0.114. The van der Waals surface area contributed by atoms with E-state index in [1.165, 1.54) is 0 Å². The van der Waals surface area contributed by atoms with Gasteiger partial charge in [0.25, 0.3) is 0 Å². The fraction of sp³-hybridized carbons (Fsp3) is 0.750. The molecule has 1 N–H and O–H groups in total. The van der Waals surface area contributed by atoms with Crippen molar-refractivity contribution >= 4 is 15.5 Å². The van der Waals surface area contributed by atoms with Gasteiger partial charge in [-0.15, -0.1) is 0 Å². The molecule has 1 aromatic heterocycles. The number of aromatic nitrogens is 2. The van der Waals surface area contributed by atoms with Crippen LogP contribution in [0.4, 0.5) is 5.69 Å². The molecule has 0 amide bonds. The van der Waals surface area contributed by atoms with Gasteiger partial charge in [-0.1, -0.05) is 20.8 Å². The molecule has 18 heavy (non-hydrogen) atoms. The van der Waals surface area contributed by atoms with Crippen LogP contribution in [0.5, 0.6) is 0 Å². The van der Waals surface area contributed by atoms with E-state index in [0.717, 1.165) is 11.4 Å². The quantitative estimate of drug-likeness (QED) is 0.858.